The summed E-state index contributed by atoms with van der Waals surface area (Å²) in [5.41, 5.74) is 0.966. The molecule has 1 aromatic heterocycles. The maximum absolute atomic E-state index is 12.6. The third-order valence-electron chi connectivity index (χ3n) is 2.07. The Bertz CT molecular complexity index is 488. The lowest BCUT2D eigenvalue weighted by atomic mass is 10.1. The first-order chi connectivity index (χ1) is 7.16. The molecule has 0 radical (unpaired) electrons. The van der Waals surface area contributed by atoms with Crippen LogP contribution in [0.5, 0.6) is 0 Å². The Morgan fingerprint density at radius 1 is 1.27 bits per heavy atom. The van der Waals surface area contributed by atoms with Crippen molar-refractivity contribution in [1.29, 1.82) is 0 Å². The van der Waals surface area contributed by atoms with Gasteiger partial charge in [-0.25, -0.2) is 4.39 Å². The largest absolute Gasteiger partial charge is 0.288 e. The highest BCUT2D eigenvalue weighted by molar-refractivity contribution is 6.08. The van der Waals surface area contributed by atoms with Gasteiger partial charge in [0, 0.05) is 18.8 Å². The Kier molecular flexibility index (Phi) is 2.33. The minimum absolute atomic E-state index is 0.150. The molecular weight excluding hydrogens is 195 g/mol. The van der Waals surface area contributed by atoms with E-state index in [0.29, 0.717) is 11.1 Å². The molecular formula is C11H9FN2O. The summed E-state index contributed by atoms with van der Waals surface area (Å²) in [6.07, 6.45) is 3.12. The minimum Gasteiger partial charge on any atom is -0.288 e. The van der Waals surface area contributed by atoms with Crippen LogP contribution in [0.15, 0.2) is 36.7 Å². The molecule has 0 aliphatic heterocycles. The first kappa shape index (κ1) is 9.58. The first-order valence-electron chi connectivity index (χ1n) is 4.46. The van der Waals surface area contributed by atoms with Crippen molar-refractivity contribution in [3.63, 3.8) is 0 Å². The van der Waals surface area contributed by atoms with Gasteiger partial charge in [0.1, 0.15) is 5.82 Å². The standard InChI is InChI=1S/C11H9FN2O/c1-14-7-9(6-13-14)11(15)8-2-4-10(12)5-3-8/h2-7H,1H3. The van der Waals surface area contributed by atoms with Crippen molar-refractivity contribution in [3.05, 3.63) is 53.6 Å². The minimum atomic E-state index is -0.349. The van der Waals surface area contributed by atoms with Gasteiger partial charge in [-0.05, 0) is 24.3 Å². The van der Waals surface area contributed by atoms with Gasteiger partial charge < -0.3 is 0 Å². The van der Waals surface area contributed by atoms with Gasteiger partial charge in [0.2, 0.25) is 0 Å². The van der Waals surface area contributed by atoms with Gasteiger partial charge >= 0.3 is 0 Å². The number of ketones is 1. The fourth-order valence-electron chi connectivity index (χ4n) is 1.31. The topological polar surface area (TPSA) is 34.9 Å². The normalized spacial score (nSPS) is 10.3. The third-order valence-corrected chi connectivity index (χ3v) is 2.07. The zero-order chi connectivity index (χ0) is 10.8. The van der Waals surface area contributed by atoms with E-state index in [2.05, 4.69) is 5.10 Å². The fourth-order valence-corrected chi connectivity index (χ4v) is 1.31. The molecule has 0 saturated heterocycles. The average molecular weight is 204 g/mol. The molecule has 0 fully saturated rings. The van der Waals surface area contributed by atoms with Gasteiger partial charge in [-0.1, -0.05) is 0 Å². The SMILES string of the molecule is Cn1cc(C(=O)c2ccc(F)cc2)cn1. The highest BCUT2D eigenvalue weighted by Crippen LogP contribution is 2.09. The number of benzene rings is 1. The zero-order valence-electron chi connectivity index (χ0n) is 8.14. The van der Waals surface area contributed by atoms with Crippen LogP contribution < -0.4 is 0 Å². The van der Waals surface area contributed by atoms with E-state index in [1.165, 1.54) is 30.5 Å². The molecule has 76 valence electrons. The van der Waals surface area contributed by atoms with E-state index in [4.69, 9.17) is 0 Å². The van der Waals surface area contributed by atoms with Crippen LogP contribution in [0.2, 0.25) is 0 Å². The summed E-state index contributed by atoms with van der Waals surface area (Å²) in [7, 11) is 1.74. The van der Waals surface area contributed by atoms with Crippen LogP contribution in [0.1, 0.15) is 15.9 Å². The molecule has 2 aromatic rings. The molecule has 1 heterocycles. The quantitative estimate of drug-likeness (QED) is 0.699. The first-order valence-corrected chi connectivity index (χ1v) is 4.46. The van der Waals surface area contributed by atoms with E-state index in [1.807, 2.05) is 0 Å². The summed E-state index contributed by atoms with van der Waals surface area (Å²) in [6, 6.07) is 5.46. The molecule has 0 aliphatic rings. The van der Waals surface area contributed by atoms with Crippen LogP contribution >= 0.6 is 0 Å². The summed E-state index contributed by atoms with van der Waals surface area (Å²) in [4.78, 5) is 11.8. The van der Waals surface area contributed by atoms with E-state index in [9.17, 15) is 9.18 Å². The number of aryl methyl sites for hydroxylation is 1. The molecule has 0 saturated carbocycles. The number of hydrogen-bond acceptors (Lipinski definition) is 2. The van der Waals surface area contributed by atoms with Crippen molar-refractivity contribution in [2.75, 3.05) is 0 Å². The van der Waals surface area contributed by atoms with Crippen LogP contribution in [0.4, 0.5) is 4.39 Å². The summed E-state index contributed by atoms with van der Waals surface area (Å²) >= 11 is 0. The lowest BCUT2D eigenvalue weighted by Gasteiger charge is -1.96. The fraction of sp³-hybridized carbons (Fsp3) is 0.0909. The van der Waals surface area contributed by atoms with Crippen LogP contribution in [-0.2, 0) is 7.05 Å². The molecule has 0 unspecified atom stereocenters. The second kappa shape index (κ2) is 3.65. The van der Waals surface area contributed by atoms with Crippen LogP contribution in [0.25, 0.3) is 0 Å². The molecule has 0 spiro atoms. The van der Waals surface area contributed by atoms with E-state index in [1.54, 1.807) is 17.9 Å². The number of nitrogens with zero attached hydrogens (tertiary/aromatic N) is 2. The van der Waals surface area contributed by atoms with Gasteiger partial charge in [0.05, 0.1) is 11.8 Å². The van der Waals surface area contributed by atoms with Gasteiger partial charge in [-0.2, -0.15) is 5.10 Å². The van der Waals surface area contributed by atoms with E-state index < -0.39 is 0 Å². The van der Waals surface area contributed by atoms with Crippen molar-refractivity contribution < 1.29 is 9.18 Å². The summed E-state index contributed by atoms with van der Waals surface area (Å²) in [5, 5.41) is 3.90. The van der Waals surface area contributed by atoms with Crippen molar-refractivity contribution in [2.24, 2.45) is 7.05 Å². The number of carbonyl (C=O) groups excluding carboxylic acids is 1. The van der Waals surface area contributed by atoms with Gasteiger partial charge in [0.15, 0.2) is 5.78 Å². The van der Waals surface area contributed by atoms with Crippen molar-refractivity contribution >= 4 is 5.78 Å². The molecule has 2 rings (SSSR count). The highest BCUT2D eigenvalue weighted by Gasteiger charge is 2.10. The smallest absolute Gasteiger partial charge is 0.196 e. The second-order valence-electron chi connectivity index (χ2n) is 3.24. The Labute approximate surface area is 86.2 Å². The summed E-state index contributed by atoms with van der Waals surface area (Å²) in [5.74, 6) is -0.499. The number of halogens is 1. The Hall–Kier alpha value is -1.97. The van der Waals surface area contributed by atoms with Crippen molar-refractivity contribution in [2.45, 2.75) is 0 Å². The summed E-state index contributed by atoms with van der Waals surface area (Å²) in [6.45, 7) is 0. The predicted octanol–water partition coefficient (Wildman–Crippen LogP) is 1.79. The van der Waals surface area contributed by atoms with Gasteiger partial charge in [0.25, 0.3) is 0 Å². The zero-order valence-corrected chi connectivity index (χ0v) is 8.14. The van der Waals surface area contributed by atoms with Crippen LogP contribution in [0.3, 0.4) is 0 Å². The molecule has 4 heteroatoms. The highest BCUT2D eigenvalue weighted by atomic mass is 19.1. The predicted molar refractivity (Wildman–Crippen MR) is 53.0 cm³/mol. The monoisotopic (exact) mass is 204 g/mol. The van der Waals surface area contributed by atoms with Gasteiger partial charge in [-0.3, -0.25) is 9.48 Å². The van der Waals surface area contributed by atoms with E-state index >= 15 is 0 Å². The molecule has 0 amide bonds. The van der Waals surface area contributed by atoms with Crippen LogP contribution in [-0.4, -0.2) is 15.6 Å². The van der Waals surface area contributed by atoms with Gasteiger partial charge in [-0.15, -0.1) is 0 Å². The third kappa shape index (κ3) is 1.93. The Morgan fingerprint density at radius 3 is 2.47 bits per heavy atom. The molecule has 0 aliphatic carbocycles. The number of rotatable bonds is 2. The molecule has 0 atom stereocenters. The van der Waals surface area contributed by atoms with Crippen LogP contribution in [0, 0.1) is 5.82 Å². The van der Waals surface area contributed by atoms with E-state index in [-0.39, 0.29) is 11.6 Å². The Balaban J connectivity index is 2.32. The van der Waals surface area contributed by atoms with Crippen molar-refractivity contribution in [3.8, 4) is 0 Å². The number of aromatic nitrogens is 2. The lowest BCUT2D eigenvalue weighted by Crippen LogP contribution is -1.99. The number of hydrogen-bond donors (Lipinski definition) is 0. The maximum Gasteiger partial charge on any atom is 0.196 e. The number of carbonyl (C=O) groups is 1. The molecule has 0 N–H and O–H groups in total. The van der Waals surface area contributed by atoms with Crippen molar-refractivity contribution in [1.82, 2.24) is 9.78 Å². The Morgan fingerprint density at radius 2 is 1.93 bits per heavy atom. The average Bonchev–Trinajstić information content (AvgIpc) is 2.65. The molecule has 0 bridgehead atoms. The lowest BCUT2D eigenvalue weighted by molar-refractivity contribution is 0.103. The second-order valence-corrected chi connectivity index (χ2v) is 3.24. The van der Waals surface area contributed by atoms with E-state index in [0.717, 1.165) is 0 Å². The maximum atomic E-state index is 12.6. The molecule has 15 heavy (non-hydrogen) atoms. The molecule has 1 aromatic carbocycles. The molecule has 3 nitrogen and oxygen atoms in total. The summed E-state index contributed by atoms with van der Waals surface area (Å²) < 4.78 is 14.2.